The van der Waals surface area contributed by atoms with Gasteiger partial charge < -0.3 is 15.0 Å². The lowest BCUT2D eigenvalue weighted by Gasteiger charge is -2.42. The summed E-state index contributed by atoms with van der Waals surface area (Å²) in [5.41, 5.74) is 0.0380. The molecule has 1 aromatic rings. The van der Waals surface area contributed by atoms with E-state index in [1.165, 1.54) is 4.88 Å². The molecule has 0 bridgehead atoms. The van der Waals surface area contributed by atoms with Gasteiger partial charge in [0.25, 0.3) is 0 Å². The summed E-state index contributed by atoms with van der Waals surface area (Å²) in [4.78, 5) is 8.19. The molecule has 0 aliphatic carbocycles. The number of morpholine rings is 1. The van der Waals surface area contributed by atoms with Crippen molar-refractivity contribution in [3.05, 3.63) is 11.1 Å². The summed E-state index contributed by atoms with van der Waals surface area (Å²) in [7, 11) is 1.97. The molecule has 1 unspecified atom stereocenters. The number of ether oxygens (including phenoxy) is 1. The molecule has 1 aliphatic heterocycles. The number of hydrogen-bond donors (Lipinski definition) is 1. The van der Waals surface area contributed by atoms with Crippen LogP contribution in [0.5, 0.6) is 0 Å². The van der Waals surface area contributed by atoms with Gasteiger partial charge in [-0.15, -0.1) is 11.3 Å². The Hall–Kier alpha value is -0.650. The van der Waals surface area contributed by atoms with Gasteiger partial charge in [0.2, 0.25) is 0 Å². The Morgan fingerprint density at radius 3 is 3.00 bits per heavy atom. The van der Waals surface area contributed by atoms with E-state index < -0.39 is 0 Å². The minimum absolute atomic E-state index is 0.0380. The number of thiazole rings is 1. The van der Waals surface area contributed by atoms with Crippen LogP contribution in [0.1, 0.15) is 31.7 Å². The molecule has 2 heterocycles. The van der Waals surface area contributed by atoms with Crippen LogP contribution in [0.3, 0.4) is 0 Å². The summed E-state index contributed by atoms with van der Waals surface area (Å²) < 4.78 is 5.53. The van der Waals surface area contributed by atoms with Crippen LogP contribution in [0.4, 0.5) is 5.13 Å². The normalized spacial score (nSPS) is 21.5. The molecule has 2 rings (SSSR count). The molecule has 0 spiro atoms. The highest BCUT2D eigenvalue weighted by Gasteiger charge is 2.32. The number of aromatic nitrogens is 1. The van der Waals surface area contributed by atoms with Crippen molar-refractivity contribution < 1.29 is 4.74 Å². The van der Waals surface area contributed by atoms with E-state index in [9.17, 15) is 0 Å². The third-order valence-electron chi connectivity index (χ3n) is 3.25. The zero-order valence-electron chi connectivity index (χ0n) is 11.0. The van der Waals surface area contributed by atoms with Gasteiger partial charge in [-0.1, -0.05) is 0 Å². The molecule has 17 heavy (non-hydrogen) atoms. The van der Waals surface area contributed by atoms with Gasteiger partial charge in [0.1, 0.15) is 0 Å². The lowest BCUT2D eigenvalue weighted by molar-refractivity contribution is 0.0644. The van der Waals surface area contributed by atoms with Crippen molar-refractivity contribution in [2.45, 2.75) is 32.4 Å². The van der Waals surface area contributed by atoms with Crippen LogP contribution >= 0.6 is 11.3 Å². The lowest BCUT2D eigenvalue weighted by Crippen LogP contribution is -2.53. The molecule has 5 heteroatoms. The number of nitrogens with one attached hydrogen (secondary N) is 1. The average Bonchev–Trinajstić information content (AvgIpc) is 2.76. The van der Waals surface area contributed by atoms with Crippen molar-refractivity contribution >= 4 is 16.5 Å². The van der Waals surface area contributed by atoms with Crippen LogP contribution in [0.25, 0.3) is 0 Å². The Bertz CT molecular complexity index is 378. The SMILES string of the molecule is CNC(C)c1cnc(N2CCOCC2(C)C)s1. The molecule has 0 aromatic carbocycles. The molecule has 1 saturated heterocycles. The van der Waals surface area contributed by atoms with E-state index in [0.717, 1.165) is 24.9 Å². The summed E-state index contributed by atoms with van der Waals surface area (Å²) >= 11 is 1.77. The van der Waals surface area contributed by atoms with Crippen LogP contribution in [0, 0.1) is 0 Å². The lowest BCUT2D eigenvalue weighted by atomic mass is 10.0. The highest BCUT2D eigenvalue weighted by molar-refractivity contribution is 7.15. The number of rotatable bonds is 3. The summed E-state index contributed by atoms with van der Waals surface area (Å²) in [6, 6.07) is 0.366. The summed E-state index contributed by atoms with van der Waals surface area (Å²) in [6.07, 6.45) is 1.98. The Morgan fingerprint density at radius 1 is 1.59 bits per heavy atom. The molecule has 0 amide bonds. The largest absolute Gasteiger partial charge is 0.377 e. The number of hydrogen-bond acceptors (Lipinski definition) is 5. The van der Waals surface area contributed by atoms with E-state index in [2.05, 4.69) is 36.0 Å². The third-order valence-corrected chi connectivity index (χ3v) is 4.45. The fourth-order valence-electron chi connectivity index (χ4n) is 1.96. The Kier molecular flexibility index (Phi) is 3.70. The molecule has 4 nitrogen and oxygen atoms in total. The molecule has 96 valence electrons. The third kappa shape index (κ3) is 2.61. The smallest absolute Gasteiger partial charge is 0.186 e. The highest BCUT2D eigenvalue weighted by Crippen LogP contribution is 2.32. The van der Waals surface area contributed by atoms with Gasteiger partial charge in [-0.3, -0.25) is 0 Å². The van der Waals surface area contributed by atoms with Crippen molar-refractivity contribution in [2.75, 3.05) is 31.7 Å². The Labute approximate surface area is 107 Å². The monoisotopic (exact) mass is 255 g/mol. The van der Waals surface area contributed by atoms with Crippen molar-refractivity contribution in [3.63, 3.8) is 0 Å². The van der Waals surface area contributed by atoms with Crippen LogP contribution in [0.2, 0.25) is 0 Å². The van der Waals surface area contributed by atoms with E-state index in [-0.39, 0.29) is 5.54 Å². The fourth-order valence-corrected chi connectivity index (χ4v) is 3.12. The van der Waals surface area contributed by atoms with Gasteiger partial charge in [0.15, 0.2) is 5.13 Å². The van der Waals surface area contributed by atoms with Gasteiger partial charge in [-0.25, -0.2) is 4.98 Å². The molecular formula is C12H21N3OS. The maximum absolute atomic E-state index is 5.53. The quantitative estimate of drug-likeness (QED) is 0.897. The van der Waals surface area contributed by atoms with Gasteiger partial charge in [-0.2, -0.15) is 0 Å². The average molecular weight is 255 g/mol. The van der Waals surface area contributed by atoms with Gasteiger partial charge in [0, 0.05) is 23.7 Å². The maximum atomic E-state index is 5.53. The zero-order valence-corrected chi connectivity index (χ0v) is 11.8. The van der Waals surface area contributed by atoms with Crippen molar-refractivity contribution in [1.82, 2.24) is 10.3 Å². The molecule has 1 N–H and O–H groups in total. The minimum Gasteiger partial charge on any atom is -0.377 e. The van der Waals surface area contributed by atoms with Crippen LogP contribution in [0.15, 0.2) is 6.20 Å². The molecule has 0 radical (unpaired) electrons. The van der Waals surface area contributed by atoms with E-state index in [0.29, 0.717) is 6.04 Å². The van der Waals surface area contributed by atoms with Crippen LogP contribution in [-0.4, -0.2) is 37.3 Å². The fraction of sp³-hybridized carbons (Fsp3) is 0.750. The predicted octanol–water partition coefficient (Wildman–Crippen LogP) is 2.04. The number of anilines is 1. The molecule has 1 atom stereocenters. The summed E-state index contributed by atoms with van der Waals surface area (Å²) in [5.74, 6) is 0. The first kappa shape index (κ1) is 12.8. The standard InChI is InChI=1S/C12H21N3OS/c1-9(13-4)10-7-14-11(17-10)15-5-6-16-8-12(15,2)3/h7,9,13H,5-6,8H2,1-4H3. The van der Waals surface area contributed by atoms with Crippen LogP contribution < -0.4 is 10.2 Å². The topological polar surface area (TPSA) is 37.4 Å². The summed E-state index contributed by atoms with van der Waals surface area (Å²) in [6.45, 7) is 9.04. The van der Waals surface area contributed by atoms with Crippen molar-refractivity contribution in [3.8, 4) is 0 Å². The highest BCUT2D eigenvalue weighted by atomic mass is 32.1. The minimum atomic E-state index is 0.0380. The first-order chi connectivity index (χ1) is 8.04. The Morgan fingerprint density at radius 2 is 2.35 bits per heavy atom. The Balaban J connectivity index is 2.18. The van der Waals surface area contributed by atoms with E-state index in [1.807, 2.05) is 13.2 Å². The van der Waals surface area contributed by atoms with Gasteiger partial charge in [0.05, 0.1) is 18.8 Å². The van der Waals surface area contributed by atoms with E-state index in [4.69, 9.17) is 4.74 Å². The molecule has 1 aromatic heterocycles. The second-order valence-corrected chi connectivity index (χ2v) is 6.11. The molecular weight excluding hydrogens is 234 g/mol. The van der Waals surface area contributed by atoms with Crippen LogP contribution in [-0.2, 0) is 4.74 Å². The summed E-state index contributed by atoms with van der Waals surface area (Å²) in [5, 5.41) is 4.35. The van der Waals surface area contributed by atoms with Gasteiger partial charge in [-0.05, 0) is 27.8 Å². The molecule has 1 aliphatic rings. The first-order valence-electron chi connectivity index (χ1n) is 6.03. The second-order valence-electron chi connectivity index (χ2n) is 5.07. The molecule has 1 fully saturated rings. The molecule has 0 saturated carbocycles. The van der Waals surface area contributed by atoms with E-state index in [1.54, 1.807) is 11.3 Å². The maximum Gasteiger partial charge on any atom is 0.186 e. The number of nitrogens with zero attached hydrogens (tertiary/aromatic N) is 2. The van der Waals surface area contributed by atoms with Gasteiger partial charge >= 0.3 is 0 Å². The van der Waals surface area contributed by atoms with Crippen molar-refractivity contribution in [2.24, 2.45) is 0 Å². The van der Waals surface area contributed by atoms with Crippen molar-refractivity contribution in [1.29, 1.82) is 0 Å². The second kappa shape index (κ2) is 4.92. The zero-order chi connectivity index (χ0) is 12.5. The predicted molar refractivity (Wildman–Crippen MR) is 71.8 cm³/mol. The van der Waals surface area contributed by atoms with E-state index >= 15 is 0 Å². The first-order valence-corrected chi connectivity index (χ1v) is 6.84.